The second-order valence-corrected chi connectivity index (χ2v) is 9.02. The summed E-state index contributed by atoms with van der Waals surface area (Å²) in [4.78, 5) is 19.2. The molecule has 1 aromatic carbocycles. The average Bonchev–Trinajstić information content (AvgIpc) is 3.16. The molecule has 1 amide bonds. The first-order valence-electron chi connectivity index (χ1n) is 10.9. The van der Waals surface area contributed by atoms with Crippen molar-refractivity contribution < 1.29 is 14.1 Å². The van der Waals surface area contributed by atoms with Crippen LogP contribution in [0.3, 0.4) is 0 Å². The quantitative estimate of drug-likeness (QED) is 0.722. The van der Waals surface area contributed by atoms with Crippen LogP contribution in [-0.2, 0) is 11.2 Å². The smallest absolute Gasteiger partial charge is 0.407 e. The summed E-state index contributed by atoms with van der Waals surface area (Å²) in [7, 11) is 0. The van der Waals surface area contributed by atoms with Gasteiger partial charge in [-0.05, 0) is 60.0 Å². The Morgan fingerprint density at radius 2 is 2.07 bits per heavy atom. The number of rotatable bonds is 7. The van der Waals surface area contributed by atoms with E-state index in [0.29, 0.717) is 17.8 Å². The Balaban J connectivity index is 1.50. The zero-order chi connectivity index (χ0) is 21.6. The van der Waals surface area contributed by atoms with Crippen molar-refractivity contribution in [3.05, 3.63) is 36.2 Å². The fourth-order valence-corrected chi connectivity index (χ4v) is 3.94. The molecule has 7 nitrogen and oxygen atoms in total. The predicted molar refractivity (Wildman–Crippen MR) is 116 cm³/mol. The number of hydrogen-bond acceptors (Lipinski definition) is 6. The largest absolute Gasteiger partial charge is 0.444 e. The Morgan fingerprint density at radius 1 is 1.30 bits per heavy atom. The van der Waals surface area contributed by atoms with Crippen molar-refractivity contribution in [2.45, 2.75) is 77.5 Å². The van der Waals surface area contributed by atoms with Crippen LogP contribution in [0.4, 0.5) is 4.79 Å². The van der Waals surface area contributed by atoms with Crippen LogP contribution >= 0.6 is 0 Å². The van der Waals surface area contributed by atoms with E-state index in [1.807, 2.05) is 51.1 Å². The van der Waals surface area contributed by atoms with Crippen LogP contribution in [0.2, 0.25) is 0 Å². The van der Waals surface area contributed by atoms with Crippen molar-refractivity contribution in [3.63, 3.8) is 0 Å². The number of alkyl carbamates (subject to hydrolysis) is 1. The number of likely N-dealkylation sites (tertiary alicyclic amines) is 1. The first kappa shape index (κ1) is 22.3. The molecule has 164 valence electrons. The van der Waals surface area contributed by atoms with Crippen LogP contribution in [0.25, 0.3) is 11.4 Å². The van der Waals surface area contributed by atoms with E-state index in [1.165, 1.54) is 12.8 Å². The molecule has 1 aliphatic heterocycles. The maximum atomic E-state index is 12.2. The molecule has 3 rings (SSSR count). The zero-order valence-electron chi connectivity index (χ0n) is 18.6. The predicted octanol–water partition coefficient (Wildman–Crippen LogP) is 4.44. The van der Waals surface area contributed by atoms with Crippen molar-refractivity contribution in [2.24, 2.45) is 0 Å². The highest BCUT2D eigenvalue weighted by Crippen LogP contribution is 2.21. The highest BCUT2D eigenvalue weighted by molar-refractivity contribution is 5.68. The topological polar surface area (TPSA) is 80.5 Å². The maximum absolute atomic E-state index is 12.2. The molecule has 2 aromatic rings. The van der Waals surface area contributed by atoms with E-state index < -0.39 is 5.60 Å². The number of piperidine rings is 1. The molecule has 1 saturated heterocycles. The zero-order valence-corrected chi connectivity index (χ0v) is 18.6. The van der Waals surface area contributed by atoms with E-state index in [2.05, 4.69) is 27.3 Å². The van der Waals surface area contributed by atoms with Crippen LogP contribution in [0, 0.1) is 0 Å². The van der Waals surface area contributed by atoms with E-state index in [4.69, 9.17) is 9.26 Å². The van der Waals surface area contributed by atoms with Crippen LogP contribution in [0.1, 0.15) is 59.3 Å². The number of ether oxygens (including phenoxy) is 1. The Morgan fingerprint density at radius 3 is 2.80 bits per heavy atom. The minimum atomic E-state index is -0.487. The lowest BCUT2D eigenvalue weighted by molar-refractivity contribution is 0.0442. The summed E-state index contributed by atoms with van der Waals surface area (Å²) in [6.07, 6.45) is 4.79. The molecule has 0 saturated carbocycles. The van der Waals surface area contributed by atoms with E-state index in [9.17, 15) is 4.79 Å². The van der Waals surface area contributed by atoms with Gasteiger partial charge in [0.05, 0.1) is 0 Å². The SMILES string of the molecule is CC(NC(=O)OC(C)(C)C)C1CCCCN1CCCc1nc(-c2ccccc2)no1. The van der Waals surface area contributed by atoms with E-state index >= 15 is 0 Å². The van der Waals surface area contributed by atoms with E-state index in [-0.39, 0.29) is 12.1 Å². The Bertz CT molecular complexity index is 800. The van der Waals surface area contributed by atoms with Crippen LogP contribution < -0.4 is 5.32 Å². The number of aromatic nitrogens is 2. The number of carbonyl (C=O) groups is 1. The summed E-state index contributed by atoms with van der Waals surface area (Å²) in [5.41, 5.74) is 0.476. The first-order chi connectivity index (χ1) is 14.3. The monoisotopic (exact) mass is 414 g/mol. The van der Waals surface area contributed by atoms with Gasteiger partial charge in [0.15, 0.2) is 0 Å². The van der Waals surface area contributed by atoms with Gasteiger partial charge in [0.25, 0.3) is 0 Å². The minimum Gasteiger partial charge on any atom is -0.444 e. The van der Waals surface area contributed by atoms with E-state index in [0.717, 1.165) is 37.9 Å². The molecule has 1 fully saturated rings. The molecule has 30 heavy (non-hydrogen) atoms. The van der Waals surface area contributed by atoms with Gasteiger partial charge in [-0.3, -0.25) is 4.90 Å². The lowest BCUT2D eigenvalue weighted by atomic mass is 9.96. The summed E-state index contributed by atoms with van der Waals surface area (Å²) in [6, 6.07) is 10.2. The molecule has 2 unspecified atom stereocenters. The summed E-state index contributed by atoms with van der Waals surface area (Å²) >= 11 is 0. The summed E-state index contributed by atoms with van der Waals surface area (Å²) in [5.74, 6) is 1.30. The molecule has 0 radical (unpaired) electrons. The summed E-state index contributed by atoms with van der Waals surface area (Å²) < 4.78 is 10.8. The molecule has 2 atom stereocenters. The Kier molecular flexibility index (Phi) is 7.48. The summed E-state index contributed by atoms with van der Waals surface area (Å²) in [6.45, 7) is 9.69. The number of nitrogens with one attached hydrogen (secondary N) is 1. The van der Waals surface area contributed by atoms with E-state index in [1.54, 1.807) is 0 Å². The molecule has 0 bridgehead atoms. The fraction of sp³-hybridized carbons (Fsp3) is 0.609. The van der Waals surface area contributed by atoms with Gasteiger partial charge >= 0.3 is 6.09 Å². The molecule has 1 aromatic heterocycles. The number of amides is 1. The van der Waals surface area contributed by atoms with Crippen LogP contribution in [0.15, 0.2) is 34.9 Å². The van der Waals surface area contributed by atoms with Gasteiger partial charge in [-0.15, -0.1) is 0 Å². The molecular formula is C23H34N4O3. The van der Waals surface area contributed by atoms with Crippen molar-refractivity contribution in [1.82, 2.24) is 20.4 Å². The third-order valence-corrected chi connectivity index (χ3v) is 5.32. The normalized spacial score (nSPS) is 18.7. The minimum absolute atomic E-state index is 0.0354. The van der Waals surface area contributed by atoms with Gasteiger partial charge in [-0.25, -0.2) is 4.79 Å². The Hall–Kier alpha value is -2.41. The number of hydrogen-bond donors (Lipinski definition) is 1. The second-order valence-electron chi connectivity index (χ2n) is 9.02. The first-order valence-corrected chi connectivity index (χ1v) is 10.9. The molecule has 1 N–H and O–H groups in total. The molecular weight excluding hydrogens is 380 g/mol. The van der Waals surface area contributed by atoms with Gasteiger partial charge in [-0.2, -0.15) is 4.98 Å². The standard InChI is InChI=1S/C23H34N4O3/c1-17(24-22(28)29-23(2,3)4)19-13-8-9-15-27(19)16-10-14-20-25-21(26-30-20)18-11-6-5-7-12-18/h5-7,11-12,17,19H,8-10,13-16H2,1-4H3,(H,24,28). The van der Waals surface area contributed by atoms with Gasteiger partial charge < -0.3 is 14.6 Å². The molecule has 1 aliphatic rings. The summed E-state index contributed by atoms with van der Waals surface area (Å²) in [5, 5.41) is 7.12. The average molecular weight is 415 g/mol. The van der Waals surface area contributed by atoms with Crippen molar-refractivity contribution in [1.29, 1.82) is 0 Å². The number of benzene rings is 1. The van der Waals surface area contributed by atoms with Crippen molar-refractivity contribution >= 4 is 6.09 Å². The van der Waals surface area contributed by atoms with Crippen LogP contribution in [-0.4, -0.2) is 51.9 Å². The molecule has 0 spiro atoms. The fourth-order valence-electron chi connectivity index (χ4n) is 3.94. The second kappa shape index (κ2) is 10.1. The highest BCUT2D eigenvalue weighted by Gasteiger charge is 2.29. The third kappa shape index (κ3) is 6.55. The van der Waals surface area contributed by atoms with Crippen molar-refractivity contribution in [3.8, 4) is 11.4 Å². The molecule has 7 heteroatoms. The van der Waals surface area contributed by atoms with Crippen molar-refractivity contribution in [2.75, 3.05) is 13.1 Å². The lowest BCUT2D eigenvalue weighted by Gasteiger charge is -2.39. The van der Waals surface area contributed by atoms with Crippen LogP contribution in [0.5, 0.6) is 0 Å². The lowest BCUT2D eigenvalue weighted by Crippen LogP contribution is -2.53. The maximum Gasteiger partial charge on any atom is 0.407 e. The Labute approximate surface area is 179 Å². The highest BCUT2D eigenvalue weighted by atomic mass is 16.6. The number of carbonyl (C=O) groups excluding carboxylic acids is 1. The van der Waals surface area contributed by atoms with Gasteiger partial charge in [0.2, 0.25) is 11.7 Å². The number of nitrogens with zero attached hydrogens (tertiary/aromatic N) is 3. The molecule has 0 aliphatic carbocycles. The van der Waals surface area contributed by atoms with Gasteiger partial charge in [0, 0.05) is 24.1 Å². The van der Waals surface area contributed by atoms with Gasteiger partial charge in [-0.1, -0.05) is 41.9 Å². The third-order valence-electron chi connectivity index (χ3n) is 5.32. The number of aryl methyl sites for hydroxylation is 1. The molecule has 2 heterocycles. The van der Waals surface area contributed by atoms with Gasteiger partial charge in [0.1, 0.15) is 5.60 Å².